The van der Waals surface area contributed by atoms with Crippen molar-refractivity contribution in [1.29, 1.82) is 0 Å². The SMILES string of the molecule is CC1CCC2(CC1)CSC(Nc1cccc(F)c1)=N2. The second-order valence-corrected chi connectivity index (χ2v) is 6.71. The monoisotopic (exact) mass is 278 g/mol. The van der Waals surface area contributed by atoms with Crippen molar-refractivity contribution < 1.29 is 4.39 Å². The first-order valence-corrected chi connectivity index (χ1v) is 7.89. The molecule has 3 rings (SSSR count). The summed E-state index contributed by atoms with van der Waals surface area (Å²) >= 11 is 1.77. The van der Waals surface area contributed by atoms with E-state index in [2.05, 4.69) is 12.2 Å². The van der Waals surface area contributed by atoms with Crippen molar-refractivity contribution in [3.05, 3.63) is 30.1 Å². The van der Waals surface area contributed by atoms with Crippen molar-refractivity contribution in [3.63, 3.8) is 0 Å². The molecule has 0 atom stereocenters. The van der Waals surface area contributed by atoms with Gasteiger partial charge in [-0.05, 0) is 49.8 Å². The van der Waals surface area contributed by atoms with Crippen LogP contribution in [0.2, 0.25) is 0 Å². The van der Waals surface area contributed by atoms with Crippen LogP contribution in [-0.4, -0.2) is 16.5 Å². The minimum atomic E-state index is -0.213. The van der Waals surface area contributed by atoms with Crippen molar-refractivity contribution in [3.8, 4) is 0 Å². The number of nitrogens with zero attached hydrogens (tertiary/aromatic N) is 1. The lowest BCUT2D eigenvalue weighted by atomic mass is 9.79. The molecule has 0 saturated heterocycles. The van der Waals surface area contributed by atoms with E-state index in [1.807, 2.05) is 6.07 Å². The van der Waals surface area contributed by atoms with Gasteiger partial charge in [0.15, 0.2) is 5.17 Å². The number of hydrogen-bond acceptors (Lipinski definition) is 3. The Morgan fingerprint density at radius 3 is 2.89 bits per heavy atom. The number of anilines is 1. The molecule has 1 aromatic rings. The van der Waals surface area contributed by atoms with Crippen LogP contribution in [0.5, 0.6) is 0 Å². The molecule has 0 bridgehead atoms. The fourth-order valence-electron chi connectivity index (χ4n) is 2.79. The molecule has 1 aliphatic heterocycles. The largest absolute Gasteiger partial charge is 0.335 e. The summed E-state index contributed by atoms with van der Waals surface area (Å²) in [5, 5.41) is 4.18. The number of amidine groups is 1. The molecule has 1 aromatic carbocycles. The Hall–Kier alpha value is -1.03. The normalized spacial score (nSPS) is 30.4. The van der Waals surface area contributed by atoms with Crippen LogP contribution in [0.3, 0.4) is 0 Å². The highest BCUT2D eigenvalue weighted by molar-refractivity contribution is 8.14. The van der Waals surface area contributed by atoms with Gasteiger partial charge < -0.3 is 5.32 Å². The van der Waals surface area contributed by atoms with Crippen molar-refractivity contribution >= 4 is 22.6 Å². The van der Waals surface area contributed by atoms with Gasteiger partial charge >= 0.3 is 0 Å². The molecule has 1 N–H and O–H groups in total. The molecule has 1 saturated carbocycles. The summed E-state index contributed by atoms with van der Waals surface area (Å²) in [5.41, 5.74) is 0.930. The zero-order valence-electron chi connectivity index (χ0n) is 11.2. The molecule has 1 aliphatic carbocycles. The molecule has 2 aliphatic rings. The number of nitrogens with one attached hydrogen (secondary N) is 1. The van der Waals surface area contributed by atoms with Crippen molar-refractivity contribution in [2.24, 2.45) is 10.9 Å². The fourth-order valence-corrected chi connectivity index (χ4v) is 4.00. The molecule has 0 unspecified atom stereocenters. The number of halogens is 1. The van der Waals surface area contributed by atoms with Crippen LogP contribution in [0.4, 0.5) is 10.1 Å². The lowest BCUT2D eigenvalue weighted by molar-refractivity contribution is 0.273. The van der Waals surface area contributed by atoms with Gasteiger partial charge in [-0.15, -0.1) is 0 Å². The van der Waals surface area contributed by atoms with Gasteiger partial charge in [-0.1, -0.05) is 24.8 Å². The van der Waals surface area contributed by atoms with Gasteiger partial charge in [-0.2, -0.15) is 0 Å². The van der Waals surface area contributed by atoms with E-state index < -0.39 is 0 Å². The summed E-state index contributed by atoms with van der Waals surface area (Å²) in [4.78, 5) is 4.88. The van der Waals surface area contributed by atoms with E-state index in [1.165, 1.54) is 37.8 Å². The summed E-state index contributed by atoms with van der Waals surface area (Å²) in [5.74, 6) is 1.69. The van der Waals surface area contributed by atoms with Crippen LogP contribution in [-0.2, 0) is 0 Å². The topological polar surface area (TPSA) is 24.4 Å². The average Bonchev–Trinajstić information content (AvgIpc) is 2.77. The van der Waals surface area contributed by atoms with Crippen molar-refractivity contribution in [1.82, 2.24) is 0 Å². The first-order chi connectivity index (χ1) is 9.15. The minimum absolute atomic E-state index is 0.146. The Bertz CT molecular complexity index is 493. The molecular weight excluding hydrogens is 259 g/mol. The van der Waals surface area contributed by atoms with E-state index in [0.29, 0.717) is 0 Å². The molecule has 2 nitrogen and oxygen atoms in total. The number of aliphatic imine (C=N–C) groups is 1. The zero-order chi connectivity index (χ0) is 13.3. The van der Waals surface area contributed by atoms with Gasteiger partial charge in [0.05, 0.1) is 5.54 Å². The van der Waals surface area contributed by atoms with E-state index in [-0.39, 0.29) is 11.4 Å². The second-order valence-electron chi connectivity index (χ2n) is 5.75. The summed E-state index contributed by atoms with van der Waals surface area (Å²) in [6.45, 7) is 2.32. The molecule has 0 aromatic heterocycles. The number of benzene rings is 1. The molecular formula is C15H19FN2S. The molecule has 4 heteroatoms. The van der Waals surface area contributed by atoms with E-state index in [1.54, 1.807) is 17.8 Å². The Morgan fingerprint density at radius 1 is 1.37 bits per heavy atom. The van der Waals surface area contributed by atoms with E-state index in [0.717, 1.165) is 22.5 Å². The van der Waals surface area contributed by atoms with Crippen LogP contribution >= 0.6 is 11.8 Å². The van der Waals surface area contributed by atoms with Gasteiger partial charge in [-0.25, -0.2) is 4.39 Å². The maximum Gasteiger partial charge on any atom is 0.161 e. The summed E-state index contributed by atoms with van der Waals surface area (Å²) in [6.07, 6.45) is 4.93. The lowest BCUT2D eigenvalue weighted by Gasteiger charge is -2.32. The van der Waals surface area contributed by atoms with Crippen LogP contribution in [0, 0.1) is 11.7 Å². The maximum absolute atomic E-state index is 13.1. The first kappa shape index (κ1) is 13.0. The van der Waals surface area contributed by atoms with Crippen molar-refractivity contribution in [2.75, 3.05) is 11.1 Å². The number of rotatable bonds is 1. The number of thioether (sulfide) groups is 1. The lowest BCUT2D eigenvalue weighted by Crippen LogP contribution is -2.32. The third kappa shape index (κ3) is 2.94. The van der Waals surface area contributed by atoms with E-state index >= 15 is 0 Å². The summed E-state index contributed by atoms with van der Waals surface area (Å²) in [6, 6.07) is 6.56. The third-order valence-corrected chi connectivity index (χ3v) is 5.25. The van der Waals surface area contributed by atoms with Gasteiger partial charge in [0.25, 0.3) is 0 Å². The molecule has 1 heterocycles. The highest BCUT2D eigenvalue weighted by atomic mass is 32.2. The van der Waals surface area contributed by atoms with Crippen molar-refractivity contribution in [2.45, 2.75) is 38.1 Å². The van der Waals surface area contributed by atoms with E-state index in [9.17, 15) is 4.39 Å². The van der Waals surface area contributed by atoms with Gasteiger partial charge in [0, 0.05) is 11.4 Å². The average molecular weight is 278 g/mol. The zero-order valence-corrected chi connectivity index (χ0v) is 12.0. The van der Waals surface area contributed by atoms with E-state index in [4.69, 9.17) is 4.99 Å². The maximum atomic E-state index is 13.1. The molecule has 102 valence electrons. The quantitative estimate of drug-likeness (QED) is 0.828. The summed E-state index contributed by atoms with van der Waals surface area (Å²) < 4.78 is 13.1. The molecule has 19 heavy (non-hydrogen) atoms. The third-order valence-electron chi connectivity index (χ3n) is 4.10. The highest BCUT2D eigenvalue weighted by Gasteiger charge is 2.38. The van der Waals surface area contributed by atoms with Crippen LogP contribution < -0.4 is 5.32 Å². The molecule has 0 radical (unpaired) electrons. The molecule has 1 spiro atoms. The highest BCUT2D eigenvalue weighted by Crippen LogP contribution is 2.41. The predicted octanol–water partition coefficient (Wildman–Crippen LogP) is 4.29. The Labute approximate surface area is 117 Å². The predicted molar refractivity (Wildman–Crippen MR) is 80.3 cm³/mol. The first-order valence-electron chi connectivity index (χ1n) is 6.90. The molecule has 0 amide bonds. The summed E-state index contributed by atoms with van der Waals surface area (Å²) in [7, 11) is 0. The van der Waals surface area contributed by atoms with Crippen LogP contribution in [0.25, 0.3) is 0 Å². The van der Waals surface area contributed by atoms with Gasteiger partial charge in [0.1, 0.15) is 5.82 Å². The Kier molecular flexibility index (Phi) is 3.52. The van der Waals surface area contributed by atoms with Crippen LogP contribution in [0.1, 0.15) is 32.6 Å². The van der Waals surface area contributed by atoms with Crippen LogP contribution in [0.15, 0.2) is 29.3 Å². The minimum Gasteiger partial charge on any atom is -0.335 e. The Balaban J connectivity index is 1.70. The fraction of sp³-hybridized carbons (Fsp3) is 0.533. The Morgan fingerprint density at radius 2 is 2.16 bits per heavy atom. The standard InChI is InChI=1S/C15H19FN2S/c1-11-5-7-15(8-6-11)10-19-14(18-15)17-13-4-2-3-12(16)9-13/h2-4,9,11H,5-8,10H2,1H3,(H,17,18). The molecule has 1 fully saturated rings. The second kappa shape index (κ2) is 5.16. The van der Waals surface area contributed by atoms with Gasteiger partial charge in [-0.3, -0.25) is 4.99 Å². The van der Waals surface area contributed by atoms with Gasteiger partial charge in [0.2, 0.25) is 0 Å². The smallest absolute Gasteiger partial charge is 0.161 e. The number of hydrogen-bond donors (Lipinski definition) is 1.